The molecule has 0 aliphatic rings. The zero-order valence-electron chi connectivity index (χ0n) is 15.6. The fourth-order valence-corrected chi connectivity index (χ4v) is 2.41. The van der Waals surface area contributed by atoms with Gasteiger partial charge in [0, 0.05) is 12.8 Å². The third kappa shape index (κ3) is 6.75. The number of benzene rings is 2. The molecule has 0 aliphatic carbocycles. The molecule has 0 bridgehead atoms. The molecule has 0 unspecified atom stereocenters. The number of carbonyl (C=O) groups excluding carboxylic acids is 2. The van der Waals surface area contributed by atoms with E-state index in [9.17, 15) is 14.4 Å². The second-order valence-electron chi connectivity index (χ2n) is 6.00. The number of carbonyl (C=O) groups is 3. The minimum absolute atomic E-state index is 0.0194. The standard InChI is InChI=1S/C21H22O7/c1-26-18-13-16(21(25)28-20(24)10-6-5-9-19(22)23)11-12-17(18)27-14-15-7-3-2-4-8-15/h2-4,7-8,11-13H,5-6,9-10,14H2,1H3,(H,22,23). The number of ether oxygens (including phenoxy) is 3. The third-order valence-corrected chi connectivity index (χ3v) is 3.86. The second-order valence-corrected chi connectivity index (χ2v) is 6.00. The molecule has 28 heavy (non-hydrogen) atoms. The van der Waals surface area contributed by atoms with Gasteiger partial charge >= 0.3 is 17.9 Å². The topological polar surface area (TPSA) is 99.1 Å². The maximum absolute atomic E-state index is 12.1. The van der Waals surface area contributed by atoms with E-state index >= 15 is 0 Å². The summed E-state index contributed by atoms with van der Waals surface area (Å²) < 4.78 is 15.8. The molecule has 0 atom stereocenters. The molecule has 7 nitrogen and oxygen atoms in total. The zero-order chi connectivity index (χ0) is 20.4. The van der Waals surface area contributed by atoms with E-state index in [1.54, 1.807) is 6.07 Å². The van der Waals surface area contributed by atoms with E-state index in [0.717, 1.165) is 5.56 Å². The summed E-state index contributed by atoms with van der Waals surface area (Å²) in [6, 6.07) is 14.1. The lowest BCUT2D eigenvalue weighted by Crippen LogP contribution is -2.12. The molecule has 0 heterocycles. The monoisotopic (exact) mass is 386 g/mol. The van der Waals surface area contributed by atoms with Gasteiger partial charge in [-0.25, -0.2) is 4.79 Å². The van der Waals surface area contributed by atoms with Gasteiger partial charge < -0.3 is 19.3 Å². The summed E-state index contributed by atoms with van der Waals surface area (Å²) in [5, 5.41) is 8.56. The van der Waals surface area contributed by atoms with Gasteiger partial charge in [0.1, 0.15) is 6.61 Å². The van der Waals surface area contributed by atoms with Crippen molar-refractivity contribution in [3.05, 3.63) is 59.7 Å². The van der Waals surface area contributed by atoms with Gasteiger partial charge in [0.15, 0.2) is 11.5 Å². The van der Waals surface area contributed by atoms with E-state index in [2.05, 4.69) is 0 Å². The number of carboxylic acid groups (broad SMARTS) is 1. The predicted molar refractivity (Wildman–Crippen MR) is 100 cm³/mol. The van der Waals surface area contributed by atoms with Crippen LogP contribution in [-0.2, 0) is 20.9 Å². The first-order valence-corrected chi connectivity index (χ1v) is 8.81. The summed E-state index contributed by atoms with van der Waals surface area (Å²) in [6.45, 7) is 0.343. The van der Waals surface area contributed by atoms with Gasteiger partial charge in [0.05, 0.1) is 12.7 Å². The van der Waals surface area contributed by atoms with Crippen molar-refractivity contribution < 1.29 is 33.7 Å². The van der Waals surface area contributed by atoms with Gasteiger partial charge in [-0.05, 0) is 36.6 Å². The Morgan fingerprint density at radius 3 is 2.32 bits per heavy atom. The van der Waals surface area contributed by atoms with E-state index in [0.29, 0.717) is 30.9 Å². The molecular weight excluding hydrogens is 364 g/mol. The number of hydrogen-bond acceptors (Lipinski definition) is 6. The molecule has 7 heteroatoms. The van der Waals surface area contributed by atoms with E-state index in [4.69, 9.17) is 19.3 Å². The van der Waals surface area contributed by atoms with Gasteiger partial charge in [-0.15, -0.1) is 0 Å². The lowest BCUT2D eigenvalue weighted by molar-refractivity contribution is -0.139. The molecule has 2 aromatic rings. The number of methoxy groups -OCH3 is 1. The number of rotatable bonds is 10. The summed E-state index contributed by atoms with van der Waals surface area (Å²) in [5.41, 5.74) is 1.14. The van der Waals surface area contributed by atoms with Crippen LogP contribution in [0.5, 0.6) is 11.5 Å². The van der Waals surface area contributed by atoms with Crippen molar-refractivity contribution in [2.45, 2.75) is 32.3 Å². The van der Waals surface area contributed by atoms with Crippen LogP contribution in [0.25, 0.3) is 0 Å². The average Bonchev–Trinajstić information content (AvgIpc) is 2.70. The van der Waals surface area contributed by atoms with E-state index in [1.807, 2.05) is 30.3 Å². The van der Waals surface area contributed by atoms with Crippen molar-refractivity contribution in [3.63, 3.8) is 0 Å². The Labute approximate surface area is 162 Å². The fraction of sp³-hybridized carbons (Fsp3) is 0.286. The molecule has 2 aromatic carbocycles. The van der Waals surface area contributed by atoms with Crippen molar-refractivity contribution in [2.24, 2.45) is 0 Å². The highest BCUT2D eigenvalue weighted by Crippen LogP contribution is 2.29. The van der Waals surface area contributed by atoms with Gasteiger partial charge in [0.2, 0.25) is 0 Å². The Kier molecular flexibility index (Phi) is 8.02. The molecule has 0 radical (unpaired) electrons. The minimum Gasteiger partial charge on any atom is -0.493 e. The van der Waals surface area contributed by atoms with Crippen LogP contribution in [0.3, 0.4) is 0 Å². The zero-order valence-corrected chi connectivity index (χ0v) is 15.6. The highest BCUT2D eigenvalue weighted by molar-refractivity contribution is 5.97. The molecule has 0 aromatic heterocycles. The molecule has 0 saturated heterocycles. The number of carboxylic acids is 1. The quantitative estimate of drug-likeness (QED) is 0.378. The molecule has 0 spiro atoms. The molecule has 0 fully saturated rings. The fourth-order valence-electron chi connectivity index (χ4n) is 2.41. The van der Waals surface area contributed by atoms with Crippen LogP contribution in [0.4, 0.5) is 0 Å². The van der Waals surface area contributed by atoms with Gasteiger partial charge in [0.25, 0.3) is 0 Å². The van der Waals surface area contributed by atoms with Crippen molar-refractivity contribution in [1.29, 1.82) is 0 Å². The average molecular weight is 386 g/mol. The van der Waals surface area contributed by atoms with E-state index in [1.165, 1.54) is 19.2 Å². The molecular formula is C21H22O7. The Morgan fingerprint density at radius 1 is 0.929 bits per heavy atom. The van der Waals surface area contributed by atoms with Gasteiger partial charge in [-0.2, -0.15) is 0 Å². The Bertz CT molecular complexity index is 815. The van der Waals surface area contributed by atoms with Crippen molar-refractivity contribution in [3.8, 4) is 11.5 Å². The van der Waals surface area contributed by atoms with Gasteiger partial charge in [-0.1, -0.05) is 30.3 Å². The minimum atomic E-state index is -0.925. The van der Waals surface area contributed by atoms with Crippen LogP contribution < -0.4 is 9.47 Å². The van der Waals surface area contributed by atoms with Crippen LogP contribution in [-0.4, -0.2) is 30.1 Å². The predicted octanol–water partition coefficient (Wildman–Crippen LogP) is 3.60. The Morgan fingerprint density at radius 2 is 1.64 bits per heavy atom. The number of hydrogen-bond donors (Lipinski definition) is 1. The smallest absolute Gasteiger partial charge is 0.345 e. The SMILES string of the molecule is COc1cc(C(=O)OC(=O)CCCCC(=O)O)ccc1OCc1ccccc1. The van der Waals surface area contributed by atoms with Crippen LogP contribution >= 0.6 is 0 Å². The molecule has 148 valence electrons. The molecule has 0 saturated carbocycles. The molecule has 0 amide bonds. The highest BCUT2D eigenvalue weighted by Gasteiger charge is 2.16. The first-order chi connectivity index (χ1) is 13.5. The van der Waals surface area contributed by atoms with E-state index in [-0.39, 0.29) is 18.4 Å². The number of unbranched alkanes of at least 4 members (excludes halogenated alkanes) is 1. The largest absolute Gasteiger partial charge is 0.493 e. The lowest BCUT2D eigenvalue weighted by atomic mass is 10.2. The molecule has 1 N–H and O–H groups in total. The van der Waals surface area contributed by atoms with Crippen LogP contribution in [0.15, 0.2) is 48.5 Å². The van der Waals surface area contributed by atoms with Crippen LogP contribution in [0.1, 0.15) is 41.6 Å². The van der Waals surface area contributed by atoms with Crippen LogP contribution in [0, 0.1) is 0 Å². The van der Waals surface area contributed by atoms with Crippen molar-refractivity contribution in [1.82, 2.24) is 0 Å². The maximum Gasteiger partial charge on any atom is 0.345 e. The molecule has 2 rings (SSSR count). The first-order valence-electron chi connectivity index (χ1n) is 8.81. The van der Waals surface area contributed by atoms with Crippen molar-refractivity contribution in [2.75, 3.05) is 7.11 Å². The van der Waals surface area contributed by atoms with Crippen molar-refractivity contribution >= 4 is 17.9 Å². The summed E-state index contributed by atoms with van der Waals surface area (Å²) in [6.07, 6.45) is 0.644. The first kappa shape index (κ1) is 21.0. The summed E-state index contributed by atoms with van der Waals surface area (Å²) in [5.74, 6) is -1.61. The third-order valence-electron chi connectivity index (χ3n) is 3.86. The van der Waals surface area contributed by atoms with E-state index < -0.39 is 17.9 Å². The van der Waals surface area contributed by atoms with Crippen LogP contribution in [0.2, 0.25) is 0 Å². The Balaban J connectivity index is 1.91. The second kappa shape index (κ2) is 10.7. The number of aliphatic carboxylic acids is 1. The lowest BCUT2D eigenvalue weighted by Gasteiger charge is -2.12. The number of esters is 2. The summed E-state index contributed by atoms with van der Waals surface area (Å²) in [4.78, 5) is 34.3. The normalized spacial score (nSPS) is 10.2. The Hall–Kier alpha value is -3.35. The molecule has 0 aliphatic heterocycles. The van der Waals surface area contributed by atoms with Gasteiger partial charge in [-0.3, -0.25) is 9.59 Å². The summed E-state index contributed by atoms with van der Waals surface area (Å²) >= 11 is 0. The highest BCUT2D eigenvalue weighted by atomic mass is 16.6. The maximum atomic E-state index is 12.1. The summed E-state index contributed by atoms with van der Waals surface area (Å²) in [7, 11) is 1.45.